The number of fused-ring (bicyclic) bond motifs is 3. The van der Waals surface area contributed by atoms with Gasteiger partial charge in [-0.2, -0.15) is 0 Å². The molecule has 0 fully saturated rings. The third kappa shape index (κ3) is 1.28. The Morgan fingerprint density at radius 1 is 0.867 bits per heavy atom. The van der Waals surface area contributed by atoms with Crippen LogP contribution in [0.2, 0.25) is 0 Å². The van der Waals surface area contributed by atoms with Gasteiger partial charge in [-0.25, -0.2) is 0 Å². The molecule has 2 aromatic rings. The van der Waals surface area contributed by atoms with E-state index in [1.165, 1.54) is 22.3 Å². The van der Waals surface area contributed by atoms with Crippen molar-refractivity contribution < 1.29 is 0 Å². The molecule has 15 heavy (non-hydrogen) atoms. The van der Waals surface area contributed by atoms with Crippen LogP contribution in [0.1, 0.15) is 17.2 Å². The van der Waals surface area contributed by atoms with Crippen LogP contribution < -0.4 is 5.73 Å². The summed E-state index contributed by atoms with van der Waals surface area (Å²) in [5, 5.41) is 0. The van der Waals surface area contributed by atoms with Crippen LogP contribution in [0.5, 0.6) is 0 Å². The van der Waals surface area contributed by atoms with Crippen LogP contribution in [0, 0.1) is 0 Å². The molecule has 0 radical (unpaired) electrons. The second kappa shape index (κ2) is 3.21. The van der Waals surface area contributed by atoms with Gasteiger partial charge in [0.1, 0.15) is 0 Å². The molecular weight excluding hydrogens is 182 g/mol. The first kappa shape index (κ1) is 8.69. The topological polar surface area (TPSA) is 26.0 Å². The summed E-state index contributed by atoms with van der Waals surface area (Å²) in [5.74, 6) is 0. The average Bonchev–Trinajstić information content (AvgIpc) is 2.30. The predicted molar refractivity (Wildman–Crippen MR) is 62.5 cm³/mol. The van der Waals surface area contributed by atoms with Crippen LogP contribution in [0.15, 0.2) is 48.5 Å². The molecule has 0 saturated heterocycles. The van der Waals surface area contributed by atoms with Crippen molar-refractivity contribution in [1.82, 2.24) is 0 Å². The molecule has 1 aliphatic rings. The largest absolute Gasteiger partial charge is 0.324 e. The van der Waals surface area contributed by atoms with Crippen LogP contribution >= 0.6 is 0 Å². The van der Waals surface area contributed by atoms with Gasteiger partial charge in [0, 0.05) is 6.04 Å². The molecule has 0 aromatic heterocycles. The summed E-state index contributed by atoms with van der Waals surface area (Å²) < 4.78 is 0. The lowest BCUT2D eigenvalue weighted by Crippen LogP contribution is -2.18. The predicted octanol–water partition coefficient (Wildman–Crippen LogP) is 2.91. The van der Waals surface area contributed by atoms with E-state index < -0.39 is 0 Å². The highest BCUT2D eigenvalue weighted by Crippen LogP contribution is 2.36. The molecule has 2 aromatic carbocycles. The molecule has 1 heteroatoms. The zero-order valence-electron chi connectivity index (χ0n) is 8.48. The number of benzene rings is 2. The molecule has 0 spiro atoms. The van der Waals surface area contributed by atoms with E-state index in [-0.39, 0.29) is 6.04 Å². The fraction of sp³-hybridized carbons (Fsp3) is 0.143. The maximum absolute atomic E-state index is 6.16. The first-order valence-corrected chi connectivity index (χ1v) is 5.29. The van der Waals surface area contributed by atoms with Gasteiger partial charge in [0.05, 0.1) is 0 Å². The van der Waals surface area contributed by atoms with Crippen LogP contribution in [0.3, 0.4) is 0 Å². The van der Waals surface area contributed by atoms with Gasteiger partial charge in [-0.15, -0.1) is 0 Å². The van der Waals surface area contributed by atoms with Gasteiger partial charge in [0.15, 0.2) is 0 Å². The van der Waals surface area contributed by atoms with Gasteiger partial charge in [-0.1, -0.05) is 48.5 Å². The van der Waals surface area contributed by atoms with Crippen molar-refractivity contribution in [2.24, 2.45) is 5.73 Å². The molecule has 0 aliphatic heterocycles. The maximum atomic E-state index is 6.16. The summed E-state index contributed by atoms with van der Waals surface area (Å²) in [7, 11) is 0. The van der Waals surface area contributed by atoms with Crippen molar-refractivity contribution in [1.29, 1.82) is 0 Å². The van der Waals surface area contributed by atoms with E-state index in [1.54, 1.807) is 0 Å². The first-order chi connectivity index (χ1) is 7.36. The fourth-order valence-corrected chi connectivity index (χ4v) is 2.37. The monoisotopic (exact) mass is 195 g/mol. The molecule has 0 saturated carbocycles. The fourth-order valence-electron chi connectivity index (χ4n) is 2.37. The second-order valence-corrected chi connectivity index (χ2v) is 4.06. The molecular formula is C14H13N. The Labute approximate surface area is 89.6 Å². The molecule has 0 heterocycles. The zero-order chi connectivity index (χ0) is 10.3. The molecule has 74 valence electrons. The van der Waals surface area contributed by atoms with Gasteiger partial charge in [0.25, 0.3) is 0 Å². The highest BCUT2D eigenvalue weighted by Gasteiger charge is 2.20. The van der Waals surface area contributed by atoms with E-state index in [9.17, 15) is 0 Å². The minimum Gasteiger partial charge on any atom is -0.324 e. The molecule has 1 nitrogen and oxygen atoms in total. The molecule has 0 unspecified atom stereocenters. The Balaban J connectivity index is 2.30. The smallest absolute Gasteiger partial charge is 0.0342 e. The SMILES string of the molecule is N[C@@H]1Cc2ccccc2-c2ccccc21. The molecule has 1 atom stereocenters. The lowest BCUT2D eigenvalue weighted by Gasteiger charge is -2.24. The van der Waals surface area contributed by atoms with Crippen molar-refractivity contribution in [3.8, 4) is 11.1 Å². The van der Waals surface area contributed by atoms with Crippen molar-refractivity contribution in [3.05, 3.63) is 59.7 Å². The highest BCUT2D eigenvalue weighted by molar-refractivity contribution is 5.73. The van der Waals surface area contributed by atoms with E-state index >= 15 is 0 Å². The van der Waals surface area contributed by atoms with Crippen molar-refractivity contribution in [3.63, 3.8) is 0 Å². The molecule has 3 rings (SSSR count). The average molecular weight is 195 g/mol. The van der Waals surface area contributed by atoms with E-state index in [2.05, 4.69) is 48.5 Å². The van der Waals surface area contributed by atoms with E-state index in [1.807, 2.05) is 0 Å². The standard InChI is InChI=1S/C14H13N/c15-14-9-10-5-1-2-6-11(10)12-7-3-4-8-13(12)14/h1-8,14H,9,15H2/t14-/m1/s1. The van der Waals surface area contributed by atoms with E-state index in [0.29, 0.717) is 0 Å². The first-order valence-electron chi connectivity index (χ1n) is 5.29. The molecule has 2 N–H and O–H groups in total. The van der Waals surface area contributed by atoms with E-state index in [0.717, 1.165) is 6.42 Å². The van der Waals surface area contributed by atoms with Gasteiger partial charge in [0.2, 0.25) is 0 Å². The quantitative estimate of drug-likeness (QED) is 0.687. The third-order valence-corrected chi connectivity index (χ3v) is 3.11. The van der Waals surface area contributed by atoms with Crippen LogP contribution in [-0.4, -0.2) is 0 Å². The zero-order valence-corrected chi connectivity index (χ0v) is 8.48. The summed E-state index contributed by atoms with van der Waals surface area (Å²) in [6, 6.07) is 17.1. The Bertz CT molecular complexity index is 502. The van der Waals surface area contributed by atoms with Gasteiger partial charge in [-0.3, -0.25) is 0 Å². The van der Waals surface area contributed by atoms with Crippen LogP contribution in [0.25, 0.3) is 11.1 Å². The summed E-state index contributed by atoms with van der Waals surface area (Å²) in [4.78, 5) is 0. The Morgan fingerprint density at radius 2 is 1.53 bits per heavy atom. The van der Waals surface area contributed by atoms with Crippen LogP contribution in [0.4, 0.5) is 0 Å². The van der Waals surface area contributed by atoms with Crippen LogP contribution in [-0.2, 0) is 6.42 Å². The normalized spacial score (nSPS) is 18.1. The summed E-state index contributed by atoms with van der Waals surface area (Å²) >= 11 is 0. The minimum absolute atomic E-state index is 0.149. The number of nitrogens with two attached hydrogens (primary N) is 1. The Kier molecular flexibility index (Phi) is 1.86. The lowest BCUT2D eigenvalue weighted by atomic mass is 9.83. The Morgan fingerprint density at radius 3 is 2.40 bits per heavy atom. The van der Waals surface area contributed by atoms with Crippen molar-refractivity contribution >= 4 is 0 Å². The Hall–Kier alpha value is -1.60. The summed E-state index contributed by atoms with van der Waals surface area (Å²) in [6.07, 6.45) is 0.952. The molecule has 0 bridgehead atoms. The minimum atomic E-state index is 0.149. The summed E-state index contributed by atoms with van der Waals surface area (Å²) in [5.41, 5.74) is 11.4. The lowest BCUT2D eigenvalue weighted by molar-refractivity contribution is 0.713. The van der Waals surface area contributed by atoms with Crippen molar-refractivity contribution in [2.75, 3.05) is 0 Å². The molecule has 0 amide bonds. The number of hydrogen-bond acceptors (Lipinski definition) is 1. The van der Waals surface area contributed by atoms with Gasteiger partial charge in [-0.05, 0) is 28.7 Å². The van der Waals surface area contributed by atoms with E-state index in [4.69, 9.17) is 5.73 Å². The number of rotatable bonds is 0. The molecule has 1 aliphatic carbocycles. The second-order valence-electron chi connectivity index (χ2n) is 4.06. The van der Waals surface area contributed by atoms with Crippen molar-refractivity contribution in [2.45, 2.75) is 12.5 Å². The van der Waals surface area contributed by atoms with Gasteiger partial charge < -0.3 is 5.73 Å². The number of hydrogen-bond donors (Lipinski definition) is 1. The third-order valence-electron chi connectivity index (χ3n) is 3.11. The maximum Gasteiger partial charge on any atom is 0.0342 e. The summed E-state index contributed by atoms with van der Waals surface area (Å²) in [6.45, 7) is 0. The highest BCUT2D eigenvalue weighted by atomic mass is 14.6. The van der Waals surface area contributed by atoms with Gasteiger partial charge >= 0.3 is 0 Å².